The molecule has 1 fully saturated rings. The molecule has 3 nitrogen and oxygen atoms in total. The minimum absolute atomic E-state index is 0.00287. The van der Waals surface area contributed by atoms with Gasteiger partial charge < -0.3 is 4.90 Å². The molecule has 1 aliphatic carbocycles. The highest BCUT2D eigenvalue weighted by atomic mass is 16.2. The fourth-order valence-corrected chi connectivity index (χ4v) is 1.74. The van der Waals surface area contributed by atoms with Crippen LogP contribution in [0.15, 0.2) is 0 Å². The van der Waals surface area contributed by atoms with Crippen LogP contribution in [0.2, 0.25) is 0 Å². The third-order valence-electron chi connectivity index (χ3n) is 3.91. The summed E-state index contributed by atoms with van der Waals surface area (Å²) in [6, 6.07) is 2.20. The minimum Gasteiger partial charge on any atom is -0.339 e. The van der Waals surface area contributed by atoms with E-state index < -0.39 is 5.41 Å². The summed E-state index contributed by atoms with van der Waals surface area (Å²) in [5.41, 5.74) is -0.863. The van der Waals surface area contributed by atoms with E-state index in [2.05, 4.69) is 13.0 Å². The number of carbonyl (C=O) groups is 1. The molecule has 0 N–H and O–H groups in total. The molecule has 0 aromatic carbocycles. The van der Waals surface area contributed by atoms with Crippen LogP contribution >= 0.6 is 0 Å². The molecule has 1 aliphatic rings. The first-order valence-electron chi connectivity index (χ1n) is 5.59. The zero-order chi connectivity index (χ0) is 11.7. The molecule has 3 heteroatoms. The summed E-state index contributed by atoms with van der Waals surface area (Å²) in [6.45, 7) is 6.13. The van der Waals surface area contributed by atoms with E-state index >= 15 is 0 Å². The molecule has 0 spiro atoms. The van der Waals surface area contributed by atoms with Crippen LogP contribution in [0.25, 0.3) is 0 Å². The lowest BCUT2D eigenvalue weighted by Crippen LogP contribution is -2.53. The molecule has 0 atom stereocenters. The Morgan fingerprint density at radius 3 is 2.33 bits per heavy atom. The van der Waals surface area contributed by atoms with Crippen LogP contribution in [0.3, 0.4) is 0 Å². The van der Waals surface area contributed by atoms with Crippen molar-refractivity contribution in [2.24, 2.45) is 5.41 Å². The molecule has 1 saturated carbocycles. The molecule has 0 aromatic heterocycles. The topological polar surface area (TPSA) is 44.1 Å². The average molecular weight is 208 g/mol. The lowest BCUT2D eigenvalue weighted by Gasteiger charge is -2.43. The Morgan fingerprint density at radius 2 is 2.07 bits per heavy atom. The molecule has 0 aromatic rings. The van der Waals surface area contributed by atoms with Gasteiger partial charge in [0.05, 0.1) is 6.07 Å². The van der Waals surface area contributed by atoms with E-state index in [9.17, 15) is 4.79 Å². The van der Waals surface area contributed by atoms with Crippen molar-refractivity contribution in [1.29, 1.82) is 5.26 Å². The Hall–Kier alpha value is -1.04. The van der Waals surface area contributed by atoms with Crippen molar-refractivity contribution in [2.45, 2.75) is 52.0 Å². The molecule has 0 unspecified atom stereocenters. The van der Waals surface area contributed by atoms with Gasteiger partial charge in [-0.25, -0.2) is 0 Å². The first-order chi connectivity index (χ1) is 6.89. The maximum Gasteiger partial charge on any atom is 0.243 e. The first kappa shape index (κ1) is 12.0. The quantitative estimate of drug-likeness (QED) is 0.714. The largest absolute Gasteiger partial charge is 0.339 e. The zero-order valence-electron chi connectivity index (χ0n) is 10.1. The maximum atomic E-state index is 12.2. The second-order valence-corrected chi connectivity index (χ2v) is 5.08. The number of amides is 1. The van der Waals surface area contributed by atoms with Crippen LogP contribution in [0.5, 0.6) is 0 Å². The van der Waals surface area contributed by atoms with E-state index in [0.717, 1.165) is 25.7 Å². The zero-order valence-corrected chi connectivity index (χ0v) is 10.1. The predicted molar refractivity (Wildman–Crippen MR) is 59.0 cm³/mol. The standard InChI is InChI=1S/C12H20N2O/c1-5-11(2,3)14(4)10(15)12(9-13)7-6-8-12/h5-8H2,1-4H3. The van der Waals surface area contributed by atoms with Gasteiger partial charge in [-0.05, 0) is 39.5 Å². The fourth-order valence-electron chi connectivity index (χ4n) is 1.74. The Kier molecular flexibility index (Phi) is 3.08. The Balaban J connectivity index is 2.82. The highest BCUT2D eigenvalue weighted by molar-refractivity contribution is 5.86. The van der Waals surface area contributed by atoms with E-state index in [-0.39, 0.29) is 11.4 Å². The molecule has 84 valence electrons. The molecule has 1 rings (SSSR count). The molecule has 0 aliphatic heterocycles. The van der Waals surface area contributed by atoms with Crippen molar-refractivity contribution in [2.75, 3.05) is 7.05 Å². The molecule has 0 heterocycles. The van der Waals surface area contributed by atoms with E-state index in [1.165, 1.54) is 0 Å². The van der Waals surface area contributed by atoms with Crippen LogP contribution in [0.4, 0.5) is 0 Å². The highest BCUT2D eigenvalue weighted by Gasteiger charge is 2.48. The molecule has 0 bridgehead atoms. The van der Waals surface area contributed by atoms with Gasteiger partial charge in [-0.2, -0.15) is 5.26 Å². The predicted octanol–water partition coefficient (Wildman–Crippen LogP) is 2.33. The van der Waals surface area contributed by atoms with Gasteiger partial charge in [0.1, 0.15) is 5.41 Å². The van der Waals surface area contributed by atoms with Crippen LogP contribution in [-0.2, 0) is 4.79 Å². The van der Waals surface area contributed by atoms with E-state index in [1.54, 1.807) is 4.90 Å². The van der Waals surface area contributed by atoms with Gasteiger partial charge in [-0.3, -0.25) is 4.79 Å². The highest BCUT2D eigenvalue weighted by Crippen LogP contribution is 2.42. The van der Waals surface area contributed by atoms with Gasteiger partial charge in [-0.1, -0.05) is 6.92 Å². The Morgan fingerprint density at radius 1 is 1.53 bits per heavy atom. The lowest BCUT2D eigenvalue weighted by molar-refractivity contribution is -0.146. The van der Waals surface area contributed by atoms with Gasteiger partial charge in [0.2, 0.25) is 5.91 Å². The third kappa shape index (κ3) is 1.86. The summed E-state index contributed by atoms with van der Waals surface area (Å²) >= 11 is 0. The third-order valence-corrected chi connectivity index (χ3v) is 3.91. The van der Waals surface area contributed by atoms with Gasteiger partial charge in [0.25, 0.3) is 0 Å². The van der Waals surface area contributed by atoms with Crippen molar-refractivity contribution in [3.05, 3.63) is 0 Å². The maximum absolute atomic E-state index is 12.2. The summed E-state index contributed by atoms with van der Waals surface area (Å²) in [5, 5.41) is 9.10. The second-order valence-electron chi connectivity index (χ2n) is 5.08. The molecule has 15 heavy (non-hydrogen) atoms. The number of nitriles is 1. The number of carbonyl (C=O) groups excluding carboxylic acids is 1. The van der Waals surface area contributed by atoms with Crippen molar-refractivity contribution in [3.63, 3.8) is 0 Å². The van der Waals surface area contributed by atoms with Crippen molar-refractivity contribution in [1.82, 2.24) is 4.90 Å². The summed E-state index contributed by atoms with van der Waals surface area (Å²) in [6.07, 6.45) is 3.36. The minimum atomic E-state index is -0.707. The normalized spacial score (nSPS) is 18.9. The Bertz CT molecular complexity index is 297. The lowest BCUT2D eigenvalue weighted by atomic mass is 9.68. The van der Waals surface area contributed by atoms with Gasteiger partial charge >= 0.3 is 0 Å². The van der Waals surface area contributed by atoms with Gasteiger partial charge in [0.15, 0.2) is 0 Å². The monoisotopic (exact) mass is 208 g/mol. The van der Waals surface area contributed by atoms with Crippen LogP contribution < -0.4 is 0 Å². The average Bonchev–Trinajstić information content (AvgIpc) is 2.15. The summed E-state index contributed by atoms with van der Waals surface area (Å²) in [7, 11) is 1.81. The number of nitrogens with zero attached hydrogens (tertiary/aromatic N) is 2. The first-order valence-corrected chi connectivity index (χ1v) is 5.59. The van der Waals surface area contributed by atoms with Crippen LogP contribution in [-0.4, -0.2) is 23.4 Å². The Labute approximate surface area is 92.1 Å². The second kappa shape index (κ2) is 3.84. The molecule has 1 amide bonds. The van der Waals surface area contributed by atoms with Crippen molar-refractivity contribution >= 4 is 5.91 Å². The number of hydrogen-bond acceptors (Lipinski definition) is 2. The van der Waals surface area contributed by atoms with Crippen LogP contribution in [0.1, 0.15) is 46.5 Å². The number of hydrogen-bond donors (Lipinski definition) is 0. The van der Waals surface area contributed by atoms with Gasteiger partial charge in [-0.15, -0.1) is 0 Å². The van der Waals surface area contributed by atoms with Gasteiger partial charge in [0, 0.05) is 12.6 Å². The van der Waals surface area contributed by atoms with E-state index in [4.69, 9.17) is 5.26 Å². The summed E-state index contributed by atoms with van der Waals surface area (Å²) in [4.78, 5) is 13.9. The summed E-state index contributed by atoms with van der Waals surface area (Å²) in [5.74, 6) is 0.00287. The molecular formula is C12H20N2O. The fraction of sp³-hybridized carbons (Fsp3) is 0.833. The molecular weight excluding hydrogens is 188 g/mol. The number of rotatable bonds is 3. The smallest absolute Gasteiger partial charge is 0.243 e. The molecule has 0 radical (unpaired) electrons. The molecule has 0 saturated heterocycles. The SMILES string of the molecule is CCC(C)(C)N(C)C(=O)C1(C#N)CCC1. The van der Waals surface area contributed by atoms with Crippen LogP contribution in [0, 0.1) is 16.7 Å². The van der Waals surface area contributed by atoms with Crippen molar-refractivity contribution < 1.29 is 4.79 Å². The van der Waals surface area contributed by atoms with E-state index in [0.29, 0.717) is 0 Å². The van der Waals surface area contributed by atoms with E-state index in [1.807, 2.05) is 20.9 Å². The summed E-state index contributed by atoms with van der Waals surface area (Å²) < 4.78 is 0. The van der Waals surface area contributed by atoms with Crippen molar-refractivity contribution in [3.8, 4) is 6.07 Å².